The normalized spacial score (nSPS) is 13.4. The Morgan fingerprint density at radius 1 is 1.33 bits per heavy atom. The molecule has 0 bridgehead atoms. The summed E-state index contributed by atoms with van der Waals surface area (Å²) in [5, 5.41) is 9.46. The summed E-state index contributed by atoms with van der Waals surface area (Å²) in [5.41, 5.74) is 0.856. The molecule has 0 unspecified atom stereocenters. The Labute approximate surface area is 131 Å². The Morgan fingerprint density at radius 2 is 1.90 bits per heavy atom. The molecule has 0 saturated heterocycles. The predicted molar refractivity (Wildman–Crippen MR) is 83.9 cm³/mol. The Kier molecular flexibility index (Phi) is 6.62. The molecular formula is C14H20ClN3O2S. The van der Waals surface area contributed by atoms with Crippen molar-refractivity contribution in [1.29, 1.82) is 5.26 Å². The van der Waals surface area contributed by atoms with Crippen molar-refractivity contribution in [2.24, 2.45) is 5.92 Å². The monoisotopic (exact) mass is 329 g/mol. The standard InChI is InChI=1S/C14H20ClN3O2S/c1-4-18(10-12(2)9-16)21(19,20)17(3)11-13-5-7-14(15)8-6-13/h5-8,12H,4,10-11H2,1-3H3/t12-/m0/s1. The molecule has 5 nitrogen and oxygen atoms in total. The molecule has 1 aromatic rings. The third-order valence-corrected chi connectivity index (χ3v) is 5.32. The van der Waals surface area contributed by atoms with E-state index in [2.05, 4.69) is 6.07 Å². The van der Waals surface area contributed by atoms with Crippen LogP contribution in [0.2, 0.25) is 5.02 Å². The van der Waals surface area contributed by atoms with Crippen molar-refractivity contribution >= 4 is 21.8 Å². The first-order valence-corrected chi connectivity index (χ1v) is 8.44. The summed E-state index contributed by atoms with van der Waals surface area (Å²) in [4.78, 5) is 0. The molecule has 0 saturated carbocycles. The van der Waals surface area contributed by atoms with Crippen molar-refractivity contribution < 1.29 is 8.42 Å². The molecular weight excluding hydrogens is 310 g/mol. The van der Waals surface area contributed by atoms with Gasteiger partial charge in [-0.2, -0.15) is 22.3 Å². The molecule has 0 aliphatic carbocycles. The van der Waals surface area contributed by atoms with Gasteiger partial charge in [0.2, 0.25) is 0 Å². The van der Waals surface area contributed by atoms with Crippen LogP contribution in [0.5, 0.6) is 0 Å². The summed E-state index contributed by atoms with van der Waals surface area (Å²) in [6.45, 7) is 4.26. The molecule has 1 aromatic carbocycles. The van der Waals surface area contributed by atoms with Crippen LogP contribution in [0, 0.1) is 17.2 Å². The number of halogens is 1. The van der Waals surface area contributed by atoms with E-state index in [1.165, 1.54) is 15.7 Å². The van der Waals surface area contributed by atoms with E-state index in [9.17, 15) is 8.42 Å². The van der Waals surface area contributed by atoms with Gasteiger partial charge in [-0.1, -0.05) is 30.7 Å². The Balaban J connectivity index is 2.84. The van der Waals surface area contributed by atoms with Crippen LogP contribution in [-0.4, -0.2) is 37.2 Å². The largest absolute Gasteiger partial charge is 0.282 e. The van der Waals surface area contributed by atoms with Crippen LogP contribution < -0.4 is 0 Å². The lowest BCUT2D eigenvalue weighted by Gasteiger charge is -2.27. The summed E-state index contributed by atoms with van der Waals surface area (Å²) in [5.74, 6) is -0.344. The van der Waals surface area contributed by atoms with E-state index in [4.69, 9.17) is 16.9 Å². The number of benzene rings is 1. The molecule has 0 heterocycles. The van der Waals surface area contributed by atoms with Gasteiger partial charge in [0.15, 0.2) is 0 Å². The predicted octanol–water partition coefficient (Wildman–Crippen LogP) is 2.50. The highest BCUT2D eigenvalue weighted by Gasteiger charge is 2.27. The number of nitrogens with zero attached hydrogens (tertiary/aromatic N) is 3. The third-order valence-electron chi connectivity index (χ3n) is 3.09. The fraction of sp³-hybridized carbons (Fsp3) is 0.500. The second-order valence-electron chi connectivity index (χ2n) is 4.87. The maximum Gasteiger partial charge on any atom is 0.282 e. The molecule has 7 heteroatoms. The lowest BCUT2D eigenvalue weighted by molar-refractivity contribution is 0.350. The van der Waals surface area contributed by atoms with Crippen LogP contribution in [0.4, 0.5) is 0 Å². The van der Waals surface area contributed by atoms with E-state index >= 15 is 0 Å². The van der Waals surface area contributed by atoms with Gasteiger partial charge in [-0.25, -0.2) is 0 Å². The molecule has 0 aromatic heterocycles. The zero-order chi connectivity index (χ0) is 16.0. The Hall–Kier alpha value is -1.13. The van der Waals surface area contributed by atoms with Gasteiger partial charge in [0.25, 0.3) is 10.2 Å². The minimum absolute atomic E-state index is 0.195. The number of hydrogen-bond acceptors (Lipinski definition) is 3. The SMILES string of the molecule is CCN(C[C@@H](C)C#N)S(=O)(=O)N(C)Cc1ccc(Cl)cc1. The first kappa shape index (κ1) is 17.9. The van der Waals surface area contributed by atoms with Gasteiger partial charge in [0, 0.05) is 31.7 Å². The minimum atomic E-state index is -3.58. The quantitative estimate of drug-likeness (QED) is 0.772. The van der Waals surface area contributed by atoms with Gasteiger partial charge >= 0.3 is 0 Å². The summed E-state index contributed by atoms with van der Waals surface area (Å²) < 4.78 is 27.6. The summed E-state index contributed by atoms with van der Waals surface area (Å²) in [6, 6.07) is 9.10. The number of rotatable bonds is 7. The third kappa shape index (κ3) is 4.97. The highest BCUT2D eigenvalue weighted by Crippen LogP contribution is 2.15. The Morgan fingerprint density at radius 3 is 2.38 bits per heavy atom. The van der Waals surface area contributed by atoms with Gasteiger partial charge in [0.1, 0.15) is 0 Å². The second kappa shape index (κ2) is 7.76. The Bertz CT molecular complexity index is 596. The molecule has 0 N–H and O–H groups in total. The average molecular weight is 330 g/mol. The maximum absolute atomic E-state index is 12.5. The molecule has 0 fully saturated rings. The van der Waals surface area contributed by atoms with Gasteiger partial charge in [-0.15, -0.1) is 0 Å². The zero-order valence-corrected chi connectivity index (χ0v) is 14.0. The minimum Gasteiger partial charge on any atom is -0.198 e. The fourth-order valence-corrected chi connectivity index (χ4v) is 3.43. The fourth-order valence-electron chi connectivity index (χ4n) is 1.86. The summed E-state index contributed by atoms with van der Waals surface area (Å²) >= 11 is 5.81. The van der Waals surface area contributed by atoms with E-state index in [1.54, 1.807) is 38.1 Å². The number of hydrogen-bond donors (Lipinski definition) is 0. The molecule has 21 heavy (non-hydrogen) atoms. The topological polar surface area (TPSA) is 64.4 Å². The van der Waals surface area contributed by atoms with Gasteiger partial charge in [-0.3, -0.25) is 0 Å². The summed E-state index contributed by atoms with van der Waals surface area (Å²) in [6.07, 6.45) is 0. The first-order valence-electron chi connectivity index (χ1n) is 6.66. The first-order chi connectivity index (χ1) is 9.81. The van der Waals surface area contributed by atoms with Gasteiger partial charge in [-0.05, 0) is 24.6 Å². The molecule has 116 valence electrons. The van der Waals surface area contributed by atoms with E-state index in [-0.39, 0.29) is 19.0 Å². The van der Waals surface area contributed by atoms with Gasteiger partial charge in [0.05, 0.1) is 12.0 Å². The van der Waals surface area contributed by atoms with Gasteiger partial charge < -0.3 is 0 Å². The van der Waals surface area contributed by atoms with Crippen molar-refractivity contribution in [1.82, 2.24) is 8.61 Å². The lowest BCUT2D eigenvalue weighted by atomic mass is 10.2. The van der Waals surface area contributed by atoms with Crippen molar-refractivity contribution in [3.63, 3.8) is 0 Å². The van der Waals surface area contributed by atoms with Crippen molar-refractivity contribution in [3.8, 4) is 6.07 Å². The smallest absolute Gasteiger partial charge is 0.198 e. The van der Waals surface area contributed by atoms with Crippen LogP contribution in [0.3, 0.4) is 0 Å². The highest BCUT2D eigenvalue weighted by atomic mass is 35.5. The van der Waals surface area contributed by atoms with Crippen LogP contribution in [-0.2, 0) is 16.8 Å². The van der Waals surface area contributed by atoms with Crippen LogP contribution in [0.15, 0.2) is 24.3 Å². The summed E-state index contributed by atoms with van der Waals surface area (Å²) in [7, 11) is -2.05. The second-order valence-corrected chi connectivity index (χ2v) is 7.34. The van der Waals surface area contributed by atoms with E-state index in [0.29, 0.717) is 11.6 Å². The molecule has 0 radical (unpaired) electrons. The van der Waals surface area contributed by atoms with E-state index in [0.717, 1.165) is 5.56 Å². The van der Waals surface area contributed by atoms with Crippen molar-refractivity contribution in [2.45, 2.75) is 20.4 Å². The molecule has 0 aliphatic rings. The highest BCUT2D eigenvalue weighted by molar-refractivity contribution is 7.86. The number of nitriles is 1. The molecule has 0 aliphatic heterocycles. The molecule has 0 spiro atoms. The lowest BCUT2D eigenvalue weighted by Crippen LogP contribution is -2.43. The maximum atomic E-state index is 12.5. The molecule has 0 amide bonds. The van der Waals surface area contributed by atoms with E-state index < -0.39 is 10.2 Å². The molecule has 1 rings (SSSR count). The molecule has 1 atom stereocenters. The van der Waals surface area contributed by atoms with Crippen molar-refractivity contribution in [3.05, 3.63) is 34.9 Å². The van der Waals surface area contributed by atoms with Crippen LogP contribution >= 0.6 is 11.6 Å². The zero-order valence-electron chi connectivity index (χ0n) is 12.5. The van der Waals surface area contributed by atoms with Crippen molar-refractivity contribution in [2.75, 3.05) is 20.1 Å². The average Bonchev–Trinajstić information content (AvgIpc) is 2.46. The van der Waals surface area contributed by atoms with Crippen LogP contribution in [0.25, 0.3) is 0 Å². The van der Waals surface area contributed by atoms with E-state index in [1.807, 2.05) is 0 Å². The van der Waals surface area contributed by atoms with Crippen LogP contribution in [0.1, 0.15) is 19.4 Å².